The van der Waals surface area contributed by atoms with Gasteiger partial charge in [-0.25, -0.2) is 4.90 Å². The van der Waals surface area contributed by atoms with Crippen molar-refractivity contribution < 1.29 is 14.3 Å². The largest absolute Gasteiger partial charge is 0.496 e. The van der Waals surface area contributed by atoms with E-state index in [2.05, 4.69) is 0 Å². The maximum absolute atomic E-state index is 12.8. The van der Waals surface area contributed by atoms with Gasteiger partial charge in [0.05, 0.1) is 18.4 Å². The molecule has 24 heavy (non-hydrogen) atoms. The molecule has 0 N–H and O–H groups in total. The number of ether oxygens (including phenoxy) is 1. The number of methoxy groups -OCH3 is 1. The molecule has 1 heterocycles. The van der Waals surface area contributed by atoms with Gasteiger partial charge in [0.15, 0.2) is 0 Å². The van der Waals surface area contributed by atoms with Crippen LogP contribution in [0.2, 0.25) is 10.0 Å². The molecule has 1 aliphatic heterocycles. The molecule has 2 aromatic carbocycles. The smallest absolute Gasteiger partial charge is 0.277 e. The lowest BCUT2D eigenvalue weighted by Crippen LogP contribution is -2.31. The Morgan fingerprint density at radius 3 is 2.17 bits per heavy atom. The number of hydrogen-bond donors (Lipinski definition) is 0. The average Bonchev–Trinajstić information content (AvgIpc) is 2.76. The third-order valence-electron chi connectivity index (χ3n) is 3.51. The molecule has 3 rings (SSSR count). The topological polar surface area (TPSA) is 46.6 Å². The van der Waals surface area contributed by atoms with Crippen molar-refractivity contribution in [1.29, 1.82) is 0 Å². The summed E-state index contributed by atoms with van der Waals surface area (Å²) in [6.45, 7) is 0. The zero-order valence-electron chi connectivity index (χ0n) is 12.3. The minimum absolute atomic E-state index is 0.0789. The number of para-hydroxylation sites is 1. The highest BCUT2D eigenvalue weighted by Crippen LogP contribution is 2.39. The second kappa shape index (κ2) is 6.48. The standard InChI is InChI=1S/C17H10Cl3NO3/c1-24-13-5-3-2-4-12(13)14-15(20)17(23)21(16(14)22)11-7-9(18)6-10(19)8-11/h2-8H,1H3. The van der Waals surface area contributed by atoms with Crippen LogP contribution in [0, 0.1) is 0 Å². The maximum Gasteiger partial charge on any atom is 0.277 e. The molecule has 7 heteroatoms. The number of rotatable bonds is 3. The maximum atomic E-state index is 12.8. The molecule has 0 saturated carbocycles. The molecule has 0 aliphatic carbocycles. The van der Waals surface area contributed by atoms with Gasteiger partial charge >= 0.3 is 0 Å². The molecular formula is C17H10Cl3NO3. The highest BCUT2D eigenvalue weighted by Gasteiger charge is 2.40. The van der Waals surface area contributed by atoms with E-state index in [9.17, 15) is 9.59 Å². The number of nitrogens with zero attached hydrogens (tertiary/aromatic N) is 1. The van der Waals surface area contributed by atoms with Crippen molar-refractivity contribution in [3.8, 4) is 5.75 Å². The number of carbonyl (C=O) groups excluding carboxylic acids is 2. The molecule has 0 saturated heterocycles. The first-order valence-electron chi connectivity index (χ1n) is 6.82. The molecular weight excluding hydrogens is 373 g/mol. The summed E-state index contributed by atoms with van der Waals surface area (Å²) >= 11 is 18.1. The van der Waals surface area contributed by atoms with Crippen molar-refractivity contribution >= 4 is 57.9 Å². The Morgan fingerprint density at radius 2 is 1.54 bits per heavy atom. The van der Waals surface area contributed by atoms with E-state index in [-0.39, 0.29) is 16.3 Å². The highest BCUT2D eigenvalue weighted by atomic mass is 35.5. The number of hydrogen-bond acceptors (Lipinski definition) is 3. The van der Waals surface area contributed by atoms with Gasteiger partial charge in [-0.05, 0) is 24.3 Å². The van der Waals surface area contributed by atoms with Crippen molar-refractivity contribution in [3.63, 3.8) is 0 Å². The third-order valence-corrected chi connectivity index (χ3v) is 4.30. The first kappa shape index (κ1) is 16.8. The van der Waals surface area contributed by atoms with Crippen molar-refractivity contribution in [2.75, 3.05) is 12.0 Å². The van der Waals surface area contributed by atoms with Crippen molar-refractivity contribution in [3.05, 3.63) is 63.1 Å². The second-order valence-electron chi connectivity index (χ2n) is 4.96. The molecule has 0 radical (unpaired) electrons. The predicted octanol–water partition coefficient (Wildman–Crippen LogP) is 4.53. The lowest BCUT2D eigenvalue weighted by atomic mass is 10.1. The monoisotopic (exact) mass is 381 g/mol. The molecule has 0 atom stereocenters. The fourth-order valence-electron chi connectivity index (χ4n) is 2.49. The SMILES string of the molecule is COc1ccccc1C1=C(Cl)C(=O)N(c2cc(Cl)cc(Cl)c2)C1=O. The van der Waals surface area contributed by atoms with Gasteiger partial charge in [-0.1, -0.05) is 53.0 Å². The summed E-state index contributed by atoms with van der Waals surface area (Å²) in [5, 5.41) is 0.431. The summed E-state index contributed by atoms with van der Waals surface area (Å²) in [7, 11) is 1.48. The molecule has 0 fully saturated rings. The van der Waals surface area contributed by atoms with E-state index in [4.69, 9.17) is 39.5 Å². The van der Waals surface area contributed by atoms with Crippen LogP contribution in [-0.4, -0.2) is 18.9 Å². The number of imide groups is 1. The number of halogens is 3. The van der Waals surface area contributed by atoms with Gasteiger partial charge in [0.25, 0.3) is 11.8 Å². The van der Waals surface area contributed by atoms with E-state index < -0.39 is 11.8 Å². The van der Waals surface area contributed by atoms with Gasteiger partial charge in [-0.3, -0.25) is 9.59 Å². The Morgan fingerprint density at radius 1 is 0.917 bits per heavy atom. The molecule has 0 spiro atoms. The first-order valence-corrected chi connectivity index (χ1v) is 7.95. The van der Waals surface area contributed by atoms with E-state index in [1.807, 2.05) is 0 Å². The third kappa shape index (κ3) is 2.77. The quantitative estimate of drug-likeness (QED) is 0.733. The number of amides is 2. The predicted molar refractivity (Wildman–Crippen MR) is 94.7 cm³/mol. The lowest BCUT2D eigenvalue weighted by molar-refractivity contribution is -0.119. The molecule has 0 aromatic heterocycles. The number of anilines is 1. The lowest BCUT2D eigenvalue weighted by Gasteiger charge is -2.16. The van der Waals surface area contributed by atoms with Crippen molar-refractivity contribution in [2.45, 2.75) is 0 Å². The summed E-state index contributed by atoms with van der Waals surface area (Å²) < 4.78 is 5.25. The summed E-state index contributed by atoms with van der Waals surface area (Å²) in [5.74, 6) is -0.758. The van der Waals surface area contributed by atoms with E-state index in [1.165, 1.54) is 25.3 Å². The Labute approximate surface area is 153 Å². The average molecular weight is 383 g/mol. The zero-order chi connectivity index (χ0) is 17.4. The fourth-order valence-corrected chi connectivity index (χ4v) is 3.27. The molecule has 0 unspecified atom stereocenters. The van der Waals surface area contributed by atoms with E-state index in [0.29, 0.717) is 21.4 Å². The van der Waals surface area contributed by atoms with Crippen LogP contribution in [0.1, 0.15) is 5.56 Å². The second-order valence-corrected chi connectivity index (χ2v) is 6.21. The van der Waals surface area contributed by atoms with Crippen LogP contribution in [0.3, 0.4) is 0 Å². The van der Waals surface area contributed by atoms with Crippen molar-refractivity contribution in [1.82, 2.24) is 0 Å². The molecule has 2 aromatic rings. The minimum atomic E-state index is -0.638. The summed E-state index contributed by atoms with van der Waals surface area (Å²) in [6.07, 6.45) is 0. The van der Waals surface area contributed by atoms with Gasteiger partial charge in [0.2, 0.25) is 0 Å². The van der Waals surface area contributed by atoms with Gasteiger partial charge < -0.3 is 4.74 Å². The normalized spacial score (nSPS) is 14.6. The Balaban J connectivity index is 2.11. The van der Waals surface area contributed by atoms with E-state index in [0.717, 1.165) is 4.90 Å². The van der Waals surface area contributed by atoms with Gasteiger partial charge in [-0.15, -0.1) is 0 Å². The van der Waals surface area contributed by atoms with E-state index in [1.54, 1.807) is 24.3 Å². The molecule has 0 bridgehead atoms. The van der Waals surface area contributed by atoms with Crippen LogP contribution >= 0.6 is 34.8 Å². The fraction of sp³-hybridized carbons (Fsp3) is 0.0588. The minimum Gasteiger partial charge on any atom is -0.496 e. The molecule has 4 nitrogen and oxygen atoms in total. The summed E-state index contributed by atoms with van der Waals surface area (Å²) in [6, 6.07) is 11.3. The highest BCUT2D eigenvalue weighted by molar-refractivity contribution is 6.60. The molecule has 122 valence electrons. The van der Waals surface area contributed by atoms with Crippen LogP contribution in [0.15, 0.2) is 47.5 Å². The first-order chi connectivity index (χ1) is 11.4. The van der Waals surface area contributed by atoms with Gasteiger partial charge in [-0.2, -0.15) is 0 Å². The number of carbonyl (C=O) groups is 2. The van der Waals surface area contributed by atoms with Gasteiger partial charge in [0, 0.05) is 15.6 Å². The Kier molecular flexibility index (Phi) is 4.54. The Hall–Kier alpha value is -2.01. The van der Waals surface area contributed by atoms with Crippen LogP contribution in [0.25, 0.3) is 5.57 Å². The van der Waals surface area contributed by atoms with Crippen LogP contribution in [0.4, 0.5) is 5.69 Å². The summed E-state index contributed by atoms with van der Waals surface area (Å²) in [5.41, 5.74) is 0.778. The Bertz CT molecular complexity index is 872. The van der Waals surface area contributed by atoms with E-state index >= 15 is 0 Å². The number of benzene rings is 2. The van der Waals surface area contributed by atoms with Crippen LogP contribution < -0.4 is 9.64 Å². The van der Waals surface area contributed by atoms with Crippen molar-refractivity contribution in [2.24, 2.45) is 0 Å². The zero-order valence-corrected chi connectivity index (χ0v) is 14.6. The molecule has 2 amide bonds. The summed E-state index contributed by atoms with van der Waals surface area (Å²) in [4.78, 5) is 26.3. The van der Waals surface area contributed by atoms with Crippen LogP contribution in [-0.2, 0) is 9.59 Å². The molecule has 1 aliphatic rings. The van der Waals surface area contributed by atoms with Gasteiger partial charge in [0.1, 0.15) is 10.8 Å². The van der Waals surface area contributed by atoms with Crippen LogP contribution in [0.5, 0.6) is 5.75 Å².